The van der Waals surface area contributed by atoms with Crippen molar-refractivity contribution >= 4 is 16.6 Å². The van der Waals surface area contributed by atoms with Crippen molar-refractivity contribution in [3.05, 3.63) is 24.4 Å². The summed E-state index contributed by atoms with van der Waals surface area (Å²) >= 11 is 0. The van der Waals surface area contributed by atoms with Crippen molar-refractivity contribution in [2.75, 3.05) is 24.8 Å². The summed E-state index contributed by atoms with van der Waals surface area (Å²) in [6.07, 6.45) is 2.56. The lowest BCUT2D eigenvalue weighted by Gasteiger charge is -2.20. The number of ether oxygens (including phenoxy) is 2. The van der Waals surface area contributed by atoms with E-state index in [4.69, 9.17) is 9.47 Å². The van der Waals surface area contributed by atoms with E-state index in [1.807, 2.05) is 31.3 Å². The summed E-state index contributed by atoms with van der Waals surface area (Å²) < 4.78 is 10.9. The molecule has 0 amide bonds. The van der Waals surface area contributed by atoms with Gasteiger partial charge in [-0.25, -0.2) is 4.98 Å². The number of nitrogens with zero attached hydrogens (tertiary/aromatic N) is 2. The summed E-state index contributed by atoms with van der Waals surface area (Å²) in [6, 6.07) is 6.00. The Balaban J connectivity index is 1.76. The van der Waals surface area contributed by atoms with E-state index in [0.717, 1.165) is 47.6 Å². The van der Waals surface area contributed by atoms with Crippen LogP contribution in [0.5, 0.6) is 11.5 Å². The molecule has 2 aliphatic rings. The van der Waals surface area contributed by atoms with Crippen molar-refractivity contribution in [1.82, 2.24) is 4.98 Å². The van der Waals surface area contributed by atoms with Gasteiger partial charge >= 0.3 is 0 Å². The lowest BCUT2D eigenvalue weighted by molar-refractivity contribution is 0.136. The number of hydrogen-bond acceptors (Lipinski definition) is 5. The van der Waals surface area contributed by atoms with E-state index >= 15 is 0 Å². The highest BCUT2D eigenvalue weighted by Gasteiger charge is 2.28. The van der Waals surface area contributed by atoms with Crippen molar-refractivity contribution < 1.29 is 14.6 Å². The number of aliphatic hydroxyl groups is 1. The number of rotatable bonds is 2. The highest BCUT2D eigenvalue weighted by molar-refractivity contribution is 5.94. The highest BCUT2D eigenvalue weighted by Crippen LogP contribution is 2.39. The number of fused-ring (bicyclic) bond motifs is 2. The molecule has 1 fully saturated rings. The van der Waals surface area contributed by atoms with E-state index in [1.165, 1.54) is 0 Å². The Morgan fingerprint density at radius 1 is 1.33 bits per heavy atom. The first kappa shape index (κ1) is 12.7. The second kappa shape index (κ2) is 4.77. The number of benzene rings is 1. The maximum Gasteiger partial charge on any atom is 0.231 e. The monoisotopic (exact) mass is 286 g/mol. The van der Waals surface area contributed by atoms with Gasteiger partial charge < -0.3 is 19.5 Å². The summed E-state index contributed by atoms with van der Waals surface area (Å²) in [5, 5.41) is 12.0. The Morgan fingerprint density at radius 3 is 2.90 bits per heavy atom. The first-order valence-electron chi connectivity index (χ1n) is 7.34. The molecule has 0 saturated carbocycles. The molecule has 3 heterocycles. The Hall–Kier alpha value is -2.01. The van der Waals surface area contributed by atoms with Crippen LogP contribution in [-0.2, 0) is 0 Å². The Kier molecular flexibility index (Phi) is 2.89. The molecule has 2 atom stereocenters. The molecule has 2 unspecified atom stereocenters. The normalized spacial score (nSPS) is 22.0. The molecule has 0 radical (unpaired) electrons. The molecule has 1 N–H and O–H groups in total. The summed E-state index contributed by atoms with van der Waals surface area (Å²) in [5.41, 5.74) is 0. The second-order valence-electron chi connectivity index (χ2n) is 5.80. The number of aromatic nitrogens is 1. The molecule has 0 bridgehead atoms. The van der Waals surface area contributed by atoms with Crippen molar-refractivity contribution in [2.45, 2.75) is 19.4 Å². The number of aliphatic hydroxyl groups excluding tert-OH is 1. The fourth-order valence-corrected chi connectivity index (χ4v) is 3.17. The smallest absolute Gasteiger partial charge is 0.231 e. The van der Waals surface area contributed by atoms with E-state index in [2.05, 4.69) is 9.88 Å². The van der Waals surface area contributed by atoms with Gasteiger partial charge in [-0.3, -0.25) is 0 Å². The largest absolute Gasteiger partial charge is 0.454 e. The fourth-order valence-electron chi connectivity index (χ4n) is 3.17. The van der Waals surface area contributed by atoms with Gasteiger partial charge in [-0.05, 0) is 36.9 Å². The summed E-state index contributed by atoms with van der Waals surface area (Å²) in [6.45, 7) is 3.92. The van der Waals surface area contributed by atoms with Gasteiger partial charge in [-0.1, -0.05) is 0 Å². The van der Waals surface area contributed by atoms with Gasteiger partial charge in [0, 0.05) is 30.6 Å². The molecular formula is C16H18N2O3. The summed E-state index contributed by atoms with van der Waals surface area (Å²) in [7, 11) is 0. The molecular weight excluding hydrogens is 268 g/mol. The van der Waals surface area contributed by atoms with E-state index in [-0.39, 0.29) is 12.9 Å². The van der Waals surface area contributed by atoms with Gasteiger partial charge in [-0.15, -0.1) is 0 Å². The minimum Gasteiger partial charge on any atom is -0.454 e. The van der Waals surface area contributed by atoms with Crippen molar-refractivity contribution in [1.29, 1.82) is 0 Å². The topological polar surface area (TPSA) is 54.8 Å². The molecule has 1 saturated heterocycles. The average Bonchev–Trinajstić information content (AvgIpc) is 3.13. The minimum atomic E-state index is -0.272. The van der Waals surface area contributed by atoms with Gasteiger partial charge in [0.25, 0.3) is 0 Å². The van der Waals surface area contributed by atoms with Crippen LogP contribution in [0.4, 0.5) is 5.82 Å². The lowest BCUT2D eigenvalue weighted by Crippen LogP contribution is -2.24. The Morgan fingerprint density at radius 2 is 2.14 bits per heavy atom. The predicted molar refractivity (Wildman–Crippen MR) is 79.9 cm³/mol. The van der Waals surface area contributed by atoms with Crippen molar-refractivity contribution in [3.8, 4) is 11.5 Å². The third-order valence-electron chi connectivity index (χ3n) is 4.44. The Bertz CT molecular complexity index is 687. The Labute approximate surface area is 123 Å². The van der Waals surface area contributed by atoms with E-state index in [0.29, 0.717) is 5.92 Å². The van der Waals surface area contributed by atoms with Gasteiger partial charge in [0.1, 0.15) is 5.82 Å². The third kappa shape index (κ3) is 2.08. The summed E-state index contributed by atoms with van der Waals surface area (Å²) in [4.78, 5) is 6.81. The molecule has 1 aromatic carbocycles. The van der Waals surface area contributed by atoms with Crippen LogP contribution in [0.2, 0.25) is 0 Å². The van der Waals surface area contributed by atoms with Crippen LogP contribution in [0, 0.1) is 5.92 Å². The van der Waals surface area contributed by atoms with E-state index in [1.54, 1.807) is 0 Å². The van der Waals surface area contributed by atoms with E-state index in [9.17, 15) is 5.11 Å². The van der Waals surface area contributed by atoms with Gasteiger partial charge in [0.15, 0.2) is 11.5 Å². The van der Waals surface area contributed by atoms with Crippen LogP contribution in [0.15, 0.2) is 24.4 Å². The fraction of sp³-hybridized carbons (Fsp3) is 0.438. The van der Waals surface area contributed by atoms with Crippen LogP contribution in [-0.4, -0.2) is 36.1 Å². The molecule has 110 valence electrons. The lowest BCUT2D eigenvalue weighted by atomic mass is 10.0. The zero-order valence-corrected chi connectivity index (χ0v) is 12.0. The molecule has 0 spiro atoms. The first-order chi connectivity index (χ1) is 10.2. The molecule has 1 aromatic heterocycles. The van der Waals surface area contributed by atoms with Crippen molar-refractivity contribution in [2.24, 2.45) is 5.92 Å². The standard InChI is InChI=1S/C16H18N2O3/c1-10(19)12-3-5-18(8-12)16-13-7-15-14(20-9-21-15)6-11(13)2-4-17-16/h2,4,6-7,10,12,19H,3,5,8-9H2,1H3. The zero-order chi connectivity index (χ0) is 14.4. The van der Waals surface area contributed by atoms with Crippen LogP contribution in [0.25, 0.3) is 10.8 Å². The van der Waals surface area contributed by atoms with Crippen LogP contribution >= 0.6 is 0 Å². The van der Waals surface area contributed by atoms with Crippen molar-refractivity contribution in [3.63, 3.8) is 0 Å². The SMILES string of the molecule is CC(O)C1CCN(c2nccc3cc4c(cc23)OCO4)C1. The van der Waals surface area contributed by atoms with Crippen LogP contribution in [0.3, 0.4) is 0 Å². The highest BCUT2D eigenvalue weighted by atomic mass is 16.7. The van der Waals surface area contributed by atoms with E-state index < -0.39 is 0 Å². The minimum absolute atomic E-state index is 0.272. The zero-order valence-electron chi connectivity index (χ0n) is 12.0. The second-order valence-corrected chi connectivity index (χ2v) is 5.80. The average molecular weight is 286 g/mol. The molecule has 5 nitrogen and oxygen atoms in total. The van der Waals surface area contributed by atoms with Crippen LogP contribution < -0.4 is 14.4 Å². The van der Waals surface area contributed by atoms with Gasteiger partial charge in [-0.2, -0.15) is 0 Å². The first-order valence-corrected chi connectivity index (χ1v) is 7.34. The third-order valence-corrected chi connectivity index (χ3v) is 4.44. The molecule has 2 aliphatic heterocycles. The van der Waals surface area contributed by atoms with Gasteiger partial charge in [0.2, 0.25) is 6.79 Å². The molecule has 4 rings (SSSR count). The molecule has 2 aromatic rings. The number of anilines is 1. The quantitative estimate of drug-likeness (QED) is 0.917. The molecule has 21 heavy (non-hydrogen) atoms. The maximum absolute atomic E-state index is 9.77. The molecule has 0 aliphatic carbocycles. The maximum atomic E-state index is 9.77. The number of pyridine rings is 1. The summed E-state index contributed by atoms with van der Waals surface area (Å²) in [5.74, 6) is 2.86. The van der Waals surface area contributed by atoms with Gasteiger partial charge in [0.05, 0.1) is 6.10 Å². The number of hydrogen-bond donors (Lipinski definition) is 1. The molecule has 5 heteroatoms. The van der Waals surface area contributed by atoms with Crippen LogP contribution in [0.1, 0.15) is 13.3 Å². The predicted octanol–water partition coefficient (Wildman–Crippen LogP) is 2.17.